The molecule has 0 spiro atoms. The molecule has 0 bridgehead atoms. The molecule has 1 N–H and O–H groups in total. The molecule has 2 aromatic rings. The number of aryl methyl sites for hydroxylation is 1. The van der Waals surface area contributed by atoms with E-state index in [4.69, 9.17) is 0 Å². The second-order valence-electron chi connectivity index (χ2n) is 5.54. The minimum absolute atomic E-state index is 0. The highest BCUT2D eigenvalue weighted by molar-refractivity contribution is 5.85. The topological polar surface area (TPSA) is 41.1 Å². The summed E-state index contributed by atoms with van der Waals surface area (Å²) >= 11 is 0. The van der Waals surface area contributed by atoms with Gasteiger partial charge in [-0.05, 0) is 13.0 Å². The number of nitrogens with one attached hydrogen (secondary N) is 1. The third kappa shape index (κ3) is 5.20. The summed E-state index contributed by atoms with van der Waals surface area (Å²) < 4.78 is 39.5. The van der Waals surface area contributed by atoms with Crippen LogP contribution in [-0.4, -0.2) is 36.1 Å². The smallest absolute Gasteiger partial charge is 0.338 e. The van der Waals surface area contributed by atoms with Crippen molar-refractivity contribution >= 4 is 30.8 Å². The van der Waals surface area contributed by atoms with Gasteiger partial charge in [0.1, 0.15) is 0 Å². The average molecular weight is 395 g/mol. The van der Waals surface area contributed by atoms with Crippen LogP contribution >= 0.6 is 24.8 Å². The highest BCUT2D eigenvalue weighted by Crippen LogP contribution is 2.31. The zero-order valence-corrected chi connectivity index (χ0v) is 15.1. The molecule has 1 aromatic heterocycles. The lowest BCUT2D eigenvalue weighted by Crippen LogP contribution is -2.44. The Bertz CT molecular complexity index is 687. The van der Waals surface area contributed by atoms with E-state index in [0.717, 1.165) is 11.6 Å². The van der Waals surface area contributed by atoms with Crippen molar-refractivity contribution in [3.63, 3.8) is 0 Å². The van der Waals surface area contributed by atoms with Gasteiger partial charge in [-0.2, -0.15) is 13.2 Å². The van der Waals surface area contributed by atoms with Gasteiger partial charge in [-0.1, -0.05) is 29.8 Å². The fourth-order valence-electron chi connectivity index (χ4n) is 2.46. The summed E-state index contributed by atoms with van der Waals surface area (Å²) in [6, 6.07) is 8.28. The normalized spacial score (nSPS) is 14.5. The summed E-state index contributed by atoms with van der Waals surface area (Å²) in [6.45, 7) is 4.53. The van der Waals surface area contributed by atoms with Crippen molar-refractivity contribution in [2.24, 2.45) is 0 Å². The summed E-state index contributed by atoms with van der Waals surface area (Å²) in [7, 11) is 0. The molecule has 9 heteroatoms. The molecule has 1 aliphatic rings. The maximum atomic E-state index is 13.2. The predicted octanol–water partition coefficient (Wildman–Crippen LogP) is 3.72. The molecule has 0 aliphatic carbocycles. The van der Waals surface area contributed by atoms with Gasteiger partial charge in [-0.25, -0.2) is 9.97 Å². The molecule has 2 heterocycles. The van der Waals surface area contributed by atoms with Crippen molar-refractivity contribution < 1.29 is 13.2 Å². The van der Waals surface area contributed by atoms with Crippen LogP contribution in [0.2, 0.25) is 0 Å². The number of hydrogen-bond donors (Lipinski definition) is 1. The molecule has 138 valence electrons. The van der Waals surface area contributed by atoms with E-state index >= 15 is 0 Å². The molecule has 4 nitrogen and oxygen atoms in total. The fourth-order valence-corrected chi connectivity index (χ4v) is 2.46. The number of benzene rings is 1. The Morgan fingerprint density at radius 2 is 1.60 bits per heavy atom. The molecule has 0 unspecified atom stereocenters. The minimum Gasteiger partial charge on any atom is -0.338 e. The van der Waals surface area contributed by atoms with Crippen LogP contribution in [0, 0.1) is 6.92 Å². The lowest BCUT2D eigenvalue weighted by Gasteiger charge is -2.28. The lowest BCUT2D eigenvalue weighted by molar-refractivity contribution is -0.141. The maximum absolute atomic E-state index is 13.2. The Morgan fingerprint density at radius 3 is 2.16 bits per heavy atom. The molecule has 25 heavy (non-hydrogen) atoms. The van der Waals surface area contributed by atoms with Crippen molar-refractivity contribution in [1.82, 2.24) is 15.3 Å². The maximum Gasteiger partial charge on any atom is 0.433 e. The van der Waals surface area contributed by atoms with Gasteiger partial charge in [0.25, 0.3) is 0 Å². The highest BCUT2D eigenvalue weighted by atomic mass is 35.5. The summed E-state index contributed by atoms with van der Waals surface area (Å²) in [5.41, 5.74) is 1.08. The monoisotopic (exact) mass is 394 g/mol. The van der Waals surface area contributed by atoms with Crippen LogP contribution < -0.4 is 10.2 Å². The molecule has 1 aromatic carbocycles. The van der Waals surface area contributed by atoms with E-state index < -0.39 is 11.9 Å². The first-order valence-electron chi connectivity index (χ1n) is 7.42. The van der Waals surface area contributed by atoms with Gasteiger partial charge < -0.3 is 10.2 Å². The molecule has 1 aliphatic heterocycles. The van der Waals surface area contributed by atoms with Gasteiger partial charge in [-0.15, -0.1) is 24.8 Å². The van der Waals surface area contributed by atoms with Crippen molar-refractivity contribution in [3.8, 4) is 11.3 Å². The number of halogens is 5. The van der Waals surface area contributed by atoms with Crippen molar-refractivity contribution in [2.75, 3.05) is 31.1 Å². The largest absolute Gasteiger partial charge is 0.433 e. The average Bonchev–Trinajstić information content (AvgIpc) is 2.55. The number of anilines is 1. The van der Waals surface area contributed by atoms with E-state index in [2.05, 4.69) is 15.3 Å². The van der Waals surface area contributed by atoms with Crippen molar-refractivity contribution in [2.45, 2.75) is 13.1 Å². The predicted molar refractivity (Wildman–Crippen MR) is 96.8 cm³/mol. The molecular weight excluding hydrogens is 376 g/mol. The van der Waals surface area contributed by atoms with Crippen LogP contribution in [0.4, 0.5) is 19.1 Å². The van der Waals surface area contributed by atoms with Crippen LogP contribution in [0.25, 0.3) is 11.3 Å². The molecule has 1 fully saturated rings. The number of hydrogen-bond acceptors (Lipinski definition) is 4. The van der Waals surface area contributed by atoms with Crippen LogP contribution in [0.5, 0.6) is 0 Å². The molecule has 0 amide bonds. The second kappa shape index (κ2) is 8.69. The standard InChI is InChI=1S/C16H17F3N4.2ClH/c1-11-2-4-12(5-3-11)13-10-14(16(17,18)19)22-15(21-13)23-8-6-20-7-9-23;;/h2-5,10,20H,6-9H2,1H3;2*1H. The summed E-state index contributed by atoms with van der Waals surface area (Å²) in [5.74, 6) is 0.136. The van der Waals surface area contributed by atoms with E-state index in [0.29, 0.717) is 37.4 Å². The number of alkyl halides is 3. The zero-order valence-electron chi connectivity index (χ0n) is 13.5. The van der Waals surface area contributed by atoms with Gasteiger partial charge in [0.15, 0.2) is 5.69 Å². The Balaban J connectivity index is 0.00000156. The number of piperazine rings is 1. The van der Waals surface area contributed by atoms with Crippen LogP contribution in [0.15, 0.2) is 30.3 Å². The summed E-state index contributed by atoms with van der Waals surface area (Å²) in [5, 5.41) is 3.16. The van der Waals surface area contributed by atoms with Crippen LogP contribution in [0.3, 0.4) is 0 Å². The zero-order chi connectivity index (χ0) is 16.4. The van der Waals surface area contributed by atoms with Gasteiger partial charge in [0, 0.05) is 31.7 Å². The molecule has 0 saturated carbocycles. The first-order chi connectivity index (χ1) is 10.9. The van der Waals surface area contributed by atoms with Crippen molar-refractivity contribution in [3.05, 3.63) is 41.6 Å². The molecular formula is C16H19Cl2F3N4. The number of nitrogens with zero attached hydrogens (tertiary/aromatic N) is 3. The third-order valence-electron chi connectivity index (χ3n) is 3.75. The van der Waals surface area contributed by atoms with Crippen molar-refractivity contribution in [1.29, 1.82) is 0 Å². The van der Waals surface area contributed by atoms with E-state index in [1.165, 1.54) is 0 Å². The van der Waals surface area contributed by atoms with Gasteiger partial charge in [-0.3, -0.25) is 0 Å². The SMILES string of the molecule is Cc1ccc(-c2cc(C(F)(F)F)nc(N3CCNCC3)n2)cc1.Cl.Cl. The van der Waals surface area contributed by atoms with Gasteiger partial charge in [0.2, 0.25) is 5.95 Å². The molecule has 1 saturated heterocycles. The fraction of sp³-hybridized carbons (Fsp3) is 0.375. The minimum atomic E-state index is -4.49. The Hall–Kier alpha value is -1.57. The van der Waals surface area contributed by atoms with Gasteiger partial charge in [0.05, 0.1) is 5.69 Å². The van der Waals surface area contributed by atoms with E-state index in [-0.39, 0.29) is 30.8 Å². The quantitative estimate of drug-likeness (QED) is 0.842. The van der Waals surface area contributed by atoms with Crippen LogP contribution in [0.1, 0.15) is 11.3 Å². The molecule has 3 rings (SSSR count). The number of rotatable bonds is 2. The first kappa shape index (κ1) is 21.5. The van der Waals surface area contributed by atoms with E-state index in [9.17, 15) is 13.2 Å². The summed E-state index contributed by atoms with van der Waals surface area (Å²) in [6.07, 6.45) is -4.49. The Morgan fingerprint density at radius 1 is 1.00 bits per heavy atom. The molecule has 0 radical (unpaired) electrons. The van der Waals surface area contributed by atoms with Crippen LogP contribution in [-0.2, 0) is 6.18 Å². The van der Waals surface area contributed by atoms with E-state index in [1.54, 1.807) is 17.0 Å². The van der Waals surface area contributed by atoms with Gasteiger partial charge >= 0.3 is 6.18 Å². The highest BCUT2D eigenvalue weighted by Gasteiger charge is 2.34. The molecule has 0 atom stereocenters. The van der Waals surface area contributed by atoms with E-state index in [1.807, 2.05) is 19.1 Å². The Kier molecular flexibility index (Phi) is 7.46. The number of aromatic nitrogens is 2. The second-order valence-corrected chi connectivity index (χ2v) is 5.54. The first-order valence-corrected chi connectivity index (χ1v) is 7.42. The lowest BCUT2D eigenvalue weighted by atomic mass is 10.1. The third-order valence-corrected chi connectivity index (χ3v) is 3.75. The Labute approximate surface area is 156 Å². The summed E-state index contributed by atoms with van der Waals surface area (Å²) in [4.78, 5) is 9.87.